The predicted molar refractivity (Wildman–Crippen MR) is 38.1 cm³/mol. The van der Waals surface area contributed by atoms with Crippen LogP contribution >= 0.6 is 0 Å². The van der Waals surface area contributed by atoms with E-state index in [4.69, 9.17) is 0 Å². The first-order valence-electron chi connectivity index (χ1n) is 1.85. The minimum atomic E-state index is 0. The summed E-state index contributed by atoms with van der Waals surface area (Å²) in [4.78, 5) is 9.40. The molecule has 0 heterocycles. The number of carbonyl (C=O) groups is 1. The third-order valence-corrected chi connectivity index (χ3v) is 0.407. The normalized spacial score (nSPS) is 5.29. The second-order valence-corrected chi connectivity index (χ2v) is 0.955. The fourth-order valence-electron chi connectivity index (χ4n) is 0.118. The van der Waals surface area contributed by atoms with Crippen molar-refractivity contribution in [3.05, 3.63) is 0 Å². The number of hydrogen-bond donors (Lipinski definition) is 0. The van der Waals surface area contributed by atoms with Gasteiger partial charge < -0.3 is 4.79 Å². The molecule has 0 fully saturated rings. The van der Waals surface area contributed by atoms with Crippen LogP contribution in [-0.2, 0) is 4.79 Å². The van der Waals surface area contributed by atoms with Gasteiger partial charge >= 0.3 is 51.4 Å². The molecule has 0 atom stereocenters. The Balaban J connectivity index is -0.0000000800. The van der Waals surface area contributed by atoms with E-state index in [0.29, 0.717) is 6.42 Å². The molecule has 38 valence electrons. The van der Waals surface area contributed by atoms with Gasteiger partial charge in [-0.05, 0) is 6.42 Å². The first-order valence-corrected chi connectivity index (χ1v) is 1.85. The van der Waals surface area contributed by atoms with Crippen molar-refractivity contribution in [3.63, 3.8) is 0 Å². The summed E-state index contributed by atoms with van der Waals surface area (Å²) in [5.74, 6) is 0. The summed E-state index contributed by atoms with van der Waals surface area (Å²) < 4.78 is 0. The van der Waals surface area contributed by atoms with Crippen LogP contribution in [0.2, 0.25) is 0 Å². The molecule has 3 heteroatoms. The topological polar surface area (TPSA) is 17.1 Å². The standard InChI is InChI=1S/C4H8O.Al.K.4H/c1-2-3-4-5;;;;;;/h4H,2-3H2,1H3;;;;;;. The maximum atomic E-state index is 9.40. The van der Waals surface area contributed by atoms with Gasteiger partial charge in [-0.2, -0.15) is 0 Å². The molecule has 0 N–H and O–H groups in total. The Morgan fingerprint density at radius 1 is 1.57 bits per heavy atom. The molecule has 0 radical (unpaired) electrons. The van der Waals surface area contributed by atoms with E-state index in [0.717, 1.165) is 12.7 Å². The second-order valence-electron chi connectivity index (χ2n) is 0.955. The van der Waals surface area contributed by atoms with E-state index in [1.54, 1.807) is 0 Å². The zero-order chi connectivity index (χ0) is 4.12. The van der Waals surface area contributed by atoms with Gasteiger partial charge in [-0.3, -0.25) is 0 Å². The van der Waals surface area contributed by atoms with Gasteiger partial charge in [-0.1, -0.05) is 6.92 Å². The van der Waals surface area contributed by atoms with Crippen molar-refractivity contribution >= 4 is 75.0 Å². The maximum absolute atomic E-state index is 9.40. The number of unbranched alkanes of at least 4 members (excludes halogenated alkanes) is 1. The molecule has 0 aromatic rings. The van der Waals surface area contributed by atoms with Gasteiger partial charge in [-0.15, -0.1) is 0 Å². The second kappa shape index (κ2) is 15.7. The van der Waals surface area contributed by atoms with E-state index < -0.39 is 0 Å². The summed E-state index contributed by atoms with van der Waals surface area (Å²) in [5, 5.41) is 0. The van der Waals surface area contributed by atoms with Gasteiger partial charge in [0.05, 0.1) is 0 Å². The van der Waals surface area contributed by atoms with Gasteiger partial charge in [0.2, 0.25) is 0 Å². The molecule has 0 aromatic heterocycles. The Morgan fingerprint density at radius 3 is 2.00 bits per heavy atom. The molecule has 0 aliphatic rings. The van der Waals surface area contributed by atoms with Crippen LogP contribution in [0, 0.1) is 0 Å². The van der Waals surface area contributed by atoms with Crippen LogP contribution < -0.4 is 0 Å². The summed E-state index contributed by atoms with van der Waals surface area (Å²) in [5.41, 5.74) is 0. The van der Waals surface area contributed by atoms with Gasteiger partial charge in [0.25, 0.3) is 0 Å². The molecule has 0 rings (SSSR count). The molecule has 0 spiro atoms. The first kappa shape index (κ1) is 15.9. The third kappa shape index (κ3) is 18.1. The van der Waals surface area contributed by atoms with E-state index in [2.05, 4.69) is 0 Å². The summed E-state index contributed by atoms with van der Waals surface area (Å²) in [7, 11) is 0. The zero-order valence-electron chi connectivity index (χ0n) is 3.40. The van der Waals surface area contributed by atoms with Gasteiger partial charge in [0, 0.05) is 6.42 Å². The Labute approximate surface area is 97.8 Å². The molecule has 1 nitrogen and oxygen atoms in total. The monoisotopic (exact) mass is 142 g/mol. The van der Waals surface area contributed by atoms with Crippen LogP contribution in [0.1, 0.15) is 19.8 Å². The SMILES string of the molecule is CCCC=O.[AlH3].[KH]. The van der Waals surface area contributed by atoms with Crippen molar-refractivity contribution in [1.82, 2.24) is 0 Å². The number of carbonyl (C=O) groups excluding carboxylic acids is 1. The molecule has 0 aromatic carbocycles. The van der Waals surface area contributed by atoms with Gasteiger partial charge in [0.1, 0.15) is 6.29 Å². The Hall–Kier alpha value is 1.84. The van der Waals surface area contributed by atoms with Crippen LogP contribution in [-0.4, -0.2) is 75.0 Å². The van der Waals surface area contributed by atoms with Crippen molar-refractivity contribution in [2.75, 3.05) is 0 Å². The van der Waals surface area contributed by atoms with E-state index in [1.807, 2.05) is 6.92 Å². The molecular formula is C4H12AlKO. The molecule has 0 aliphatic carbocycles. The van der Waals surface area contributed by atoms with E-state index >= 15 is 0 Å². The van der Waals surface area contributed by atoms with Crippen molar-refractivity contribution in [3.8, 4) is 0 Å². The van der Waals surface area contributed by atoms with Crippen LogP contribution in [0.25, 0.3) is 0 Å². The molecule has 0 saturated carbocycles. The fourth-order valence-corrected chi connectivity index (χ4v) is 0.118. The van der Waals surface area contributed by atoms with Crippen LogP contribution in [0.5, 0.6) is 0 Å². The van der Waals surface area contributed by atoms with Crippen molar-refractivity contribution in [2.45, 2.75) is 19.8 Å². The van der Waals surface area contributed by atoms with E-state index in [-0.39, 0.29) is 68.7 Å². The average Bonchev–Trinajstić information content (AvgIpc) is 1.41. The van der Waals surface area contributed by atoms with Crippen molar-refractivity contribution in [1.29, 1.82) is 0 Å². The Bertz CT molecular complexity index is 32.9. The fraction of sp³-hybridized carbons (Fsp3) is 0.750. The van der Waals surface area contributed by atoms with E-state index in [1.165, 1.54) is 0 Å². The molecule has 0 bridgehead atoms. The molecule has 0 unspecified atom stereocenters. The Morgan fingerprint density at radius 2 is 2.00 bits per heavy atom. The number of rotatable bonds is 2. The average molecular weight is 142 g/mol. The first-order chi connectivity index (χ1) is 2.41. The van der Waals surface area contributed by atoms with E-state index in [9.17, 15) is 4.79 Å². The molecule has 0 saturated heterocycles. The summed E-state index contributed by atoms with van der Waals surface area (Å²) >= 11 is 0. The summed E-state index contributed by atoms with van der Waals surface area (Å²) in [6, 6.07) is 0. The van der Waals surface area contributed by atoms with Crippen LogP contribution in [0.4, 0.5) is 0 Å². The van der Waals surface area contributed by atoms with Gasteiger partial charge in [0.15, 0.2) is 17.4 Å². The summed E-state index contributed by atoms with van der Waals surface area (Å²) in [6.45, 7) is 1.98. The van der Waals surface area contributed by atoms with Crippen LogP contribution in [0.15, 0.2) is 0 Å². The minimum absolute atomic E-state index is 0. The molecular weight excluding hydrogens is 130 g/mol. The zero-order valence-corrected chi connectivity index (χ0v) is 3.40. The third-order valence-electron chi connectivity index (χ3n) is 0.407. The van der Waals surface area contributed by atoms with Crippen molar-refractivity contribution in [2.24, 2.45) is 0 Å². The predicted octanol–water partition coefficient (Wildman–Crippen LogP) is -0.847. The summed E-state index contributed by atoms with van der Waals surface area (Å²) in [6.07, 6.45) is 2.61. The molecule has 7 heavy (non-hydrogen) atoms. The quantitative estimate of drug-likeness (QED) is 0.363. The number of hydrogen-bond acceptors (Lipinski definition) is 1. The Kier molecular flexibility index (Phi) is 35.6. The van der Waals surface area contributed by atoms with Crippen molar-refractivity contribution < 1.29 is 4.79 Å². The van der Waals surface area contributed by atoms with Crippen LogP contribution in [0.3, 0.4) is 0 Å². The molecule has 0 amide bonds. The van der Waals surface area contributed by atoms with Gasteiger partial charge in [-0.25, -0.2) is 0 Å². The number of aldehydes is 1. The molecule has 0 aliphatic heterocycles.